The number of ether oxygens (including phenoxy) is 1. The number of para-hydroxylation sites is 2. The van der Waals surface area contributed by atoms with Gasteiger partial charge < -0.3 is 10.1 Å². The second-order valence-electron chi connectivity index (χ2n) is 4.30. The molecule has 6 heteroatoms. The minimum Gasteiger partial charge on any atom is -0.495 e. The van der Waals surface area contributed by atoms with Crippen molar-refractivity contribution in [2.24, 2.45) is 0 Å². The Bertz CT molecular complexity index is 510. The van der Waals surface area contributed by atoms with E-state index in [0.717, 1.165) is 6.54 Å². The summed E-state index contributed by atoms with van der Waals surface area (Å²) in [6.07, 6.45) is 0.655. The third-order valence-corrected chi connectivity index (χ3v) is 5.45. The molecule has 1 aliphatic rings. The SMILES string of the molecule is COc1ccccc1N(C)S(=O)(=O)C1CCNC1. The van der Waals surface area contributed by atoms with E-state index in [1.54, 1.807) is 25.2 Å². The number of anilines is 1. The maximum absolute atomic E-state index is 12.4. The molecule has 2 rings (SSSR count). The van der Waals surface area contributed by atoms with E-state index in [1.807, 2.05) is 6.07 Å². The summed E-state index contributed by atoms with van der Waals surface area (Å²) in [5, 5.41) is 2.72. The Balaban J connectivity index is 2.32. The zero-order valence-electron chi connectivity index (χ0n) is 10.6. The number of hydrogen-bond acceptors (Lipinski definition) is 4. The second-order valence-corrected chi connectivity index (χ2v) is 6.54. The van der Waals surface area contributed by atoms with Crippen LogP contribution in [0.5, 0.6) is 5.75 Å². The Morgan fingerprint density at radius 1 is 1.39 bits per heavy atom. The Kier molecular flexibility index (Phi) is 3.77. The van der Waals surface area contributed by atoms with Crippen LogP contribution in [0.15, 0.2) is 24.3 Å². The first kappa shape index (κ1) is 13.2. The van der Waals surface area contributed by atoms with Crippen molar-refractivity contribution in [3.8, 4) is 5.75 Å². The summed E-state index contributed by atoms with van der Waals surface area (Å²) in [7, 11) is -0.220. The fraction of sp³-hybridized carbons (Fsp3) is 0.500. The lowest BCUT2D eigenvalue weighted by atomic mass is 10.3. The normalized spacial score (nSPS) is 19.8. The van der Waals surface area contributed by atoms with E-state index < -0.39 is 10.0 Å². The van der Waals surface area contributed by atoms with Crippen molar-refractivity contribution in [3.63, 3.8) is 0 Å². The average Bonchev–Trinajstić information content (AvgIpc) is 2.92. The van der Waals surface area contributed by atoms with Crippen molar-refractivity contribution in [2.45, 2.75) is 11.7 Å². The van der Waals surface area contributed by atoms with Gasteiger partial charge in [-0.05, 0) is 25.1 Å². The lowest BCUT2D eigenvalue weighted by molar-refractivity contribution is 0.415. The van der Waals surface area contributed by atoms with Crippen LogP contribution >= 0.6 is 0 Å². The molecule has 1 fully saturated rings. The molecule has 1 heterocycles. The highest BCUT2D eigenvalue weighted by atomic mass is 32.2. The van der Waals surface area contributed by atoms with Gasteiger partial charge in [-0.15, -0.1) is 0 Å². The van der Waals surface area contributed by atoms with E-state index in [4.69, 9.17) is 4.74 Å². The van der Waals surface area contributed by atoms with Gasteiger partial charge in [0.2, 0.25) is 10.0 Å². The highest BCUT2D eigenvalue weighted by Crippen LogP contribution is 2.30. The standard InChI is InChI=1S/C12H18N2O3S/c1-14(11-5-3-4-6-12(11)17-2)18(15,16)10-7-8-13-9-10/h3-6,10,13H,7-9H2,1-2H3. The quantitative estimate of drug-likeness (QED) is 0.880. The van der Waals surface area contributed by atoms with Crippen molar-refractivity contribution in [3.05, 3.63) is 24.3 Å². The lowest BCUT2D eigenvalue weighted by Gasteiger charge is -2.24. The molecule has 0 radical (unpaired) electrons. The van der Waals surface area contributed by atoms with Crippen LogP contribution in [0.1, 0.15) is 6.42 Å². The van der Waals surface area contributed by atoms with Crippen molar-refractivity contribution >= 4 is 15.7 Å². The topological polar surface area (TPSA) is 58.6 Å². The van der Waals surface area contributed by atoms with Gasteiger partial charge in [0.1, 0.15) is 5.75 Å². The molecule has 0 saturated carbocycles. The summed E-state index contributed by atoms with van der Waals surface area (Å²) in [4.78, 5) is 0. The zero-order valence-corrected chi connectivity index (χ0v) is 11.4. The van der Waals surface area contributed by atoms with Crippen LogP contribution in [-0.4, -0.2) is 40.9 Å². The first-order chi connectivity index (χ1) is 8.57. The first-order valence-corrected chi connectivity index (χ1v) is 7.39. The Labute approximate surface area is 108 Å². The zero-order chi connectivity index (χ0) is 13.2. The van der Waals surface area contributed by atoms with Gasteiger partial charge in [0.05, 0.1) is 18.0 Å². The average molecular weight is 270 g/mol. The molecule has 5 nitrogen and oxygen atoms in total. The van der Waals surface area contributed by atoms with E-state index >= 15 is 0 Å². The van der Waals surface area contributed by atoms with Crippen molar-refractivity contribution in [1.29, 1.82) is 0 Å². The smallest absolute Gasteiger partial charge is 0.239 e. The van der Waals surface area contributed by atoms with Gasteiger partial charge in [-0.1, -0.05) is 12.1 Å². The number of benzene rings is 1. The van der Waals surface area contributed by atoms with Crippen LogP contribution in [0, 0.1) is 0 Å². The van der Waals surface area contributed by atoms with E-state index in [-0.39, 0.29) is 5.25 Å². The van der Waals surface area contributed by atoms with Crippen molar-refractivity contribution in [1.82, 2.24) is 5.32 Å². The van der Waals surface area contributed by atoms with Crippen LogP contribution in [0.3, 0.4) is 0 Å². The summed E-state index contributed by atoms with van der Waals surface area (Å²) in [6, 6.07) is 7.13. The fourth-order valence-corrected chi connectivity index (χ4v) is 3.75. The lowest BCUT2D eigenvalue weighted by Crippen LogP contribution is -2.37. The van der Waals surface area contributed by atoms with Crippen LogP contribution in [0.2, 0.25) is 0 Å². The van der Waals surface area contributed by atoms with Gasteiger partial charge >= 0.3 is 0 Å². The molecule has 0 spiro atoms. The first-order valence-electron chi connectivity index (χ1n) is 5.89. The molecule has 0 aromatic heterocycles. The van der Waals surface area contributed by atoms with Crippen LogP contribution in [0.4, 0.5) is 5.69 Å². The number of methoxy groups -OCH3 is 1. The van der Waals surface area contributed by atoms with Crippen LogP contribution in [-0.2, 0) is 10.0 Å². The largest absolute Gasteiger partial charge is 0.495 e. The van der Waals surface area contributed by atoms with Crippen LogP contribution < -0.4 is 14.4 Å². The van der Waals surface area contributed by atoms with Crippen molar-refractivity contribution < 1.29 is 13.2 Å². The van der Waals surface area contributed by atoms with Gasteiger partial charge in [-0.2, -0.15) is 0 Å². The van der Waals surface area contributed by atoms with Gasteiger partial charge in [0, 0.05) is 13.6 Å². The highest BCUT2D eigenvalue weighted by molar-refractivity contribution is 7.93. The molecule has 0 aliphatic carbocycles. The second kappa shape index (κ2) is 5.16. The molecule has 1 saturated heterocycles. The van der Waals surface area contributed by atoms with Crippen molar-refractivity contribution in [2.75, 3.05) is 31.6 Å². The molecule has 0 amide bonds. The monoisotopic (exact) mass is 270 g/mol. The molecule has 1 atom stereocenters. The summed E-state index contributed by atoms with van der Waals surface area (Å²) in [5.74, 6) is 0.564. The summed E-state index contributed by atoms with van der Waals surface area (Å²) >= 11 is 0. The predicted molar refractivity (Wildman–Crippen MR) is 71.6 cm³/mol. The molecule has 0 bridgehead atoms. The number of nitrogens with one attached hydrogen (secondary N) is 1. The Hall–Kier alpha value is -1.27. The third kappa shape index (κ3) is 2.30. The van der Waals surface area contributed by atoms with E-state index in [2.05, 4.69) is 5.32 Å². The number of rotatable bonds is 4. The van der Waals surface area contributed by atoms with E-state index in [9.17, 15) is 8.42 Å². The molecule has 1 aromatic carbocycles. The van der Waals surface area contributed by atoms with Gasteiger partial charge in [-0.25, -0.2) is 8.42 Å². The minimum atomic E-state index is -3.33. The maximum atomic E-state index is 12.4. The summed E-state index contributed by atoms with van der Waals surface area (Å²) < 4.78 is 31.4. The molecule has 18 heavy (non-hydrogen) atoms. The molecule has 1 aliphatic heterocycles. The Morgan fingerprint density at radius 2 is 2.11 bits per heavy atom. The van der Waals surface area contributed by atoms with E-state index in [0.29, 0.717) is 24.4 Å². The number of sulfonamides is 1. The number of hydrogen-bond donors (Lipinski definition) is 1. The predicted octanol–water partition coefficient (Wildman–Crippen LogP) is 0.823. The molecule has 100 valence electrons. The minimum absolute atomic E-state index is 0.354. The highest BCUT2D eigenvalue weighted by Gasteiger charge is 2.33. The molecular formula is C12H18N2O3S. The molecule has 1 unspecified atom stereocenters. The fourth-order valence-electron chi connectivity index (χ4n) is 2.13. The van der Waals surface area contributed by atoms with Crippen LogP contribution in [0.25, 0.3) is 0 Å². The molecule has 1 N–H and O–H groups in total. The Morgan fingerprint density at radius 3 is 2.72 bits per heavy atom. The summed E-state index contributed by atoms with van der Waals surface area (Å²) in [5.41, 5.74) is 0.576. The maximum Gasteiger partial charge on any atom is 0.239 e. The summed E-state index contributed by atoms with van der Waals surface area (Å²) in [6.45, 7) is 1.27. The van der Waals surface area contributed by atoms with E-state index in [1.165, 1.54) is 11.4 Å². The molecular weight excluding hydrogens is 252 g/mol. The third-order valence-electron chi connectivity index (χ3n) is 3.24. The van der Waals surface area contributed by atoms with Gasteiger partial charge in [0.25, 0.3) is 0 Å². The molecule has 1 aromatic rings. The van der Waals surface area contributed by atoms with Gasteiger partial charge in [0.15, 0.2) is 0 Å². The number of nitrogens with zero attached hydrogens (tertiary/aromatic N) is 1. The van der Waals surface area contributed by atoms with Gasteiger partial charge in [-0.3, -0.25) is 4.31 Å².